The zero-order valence-corrected chi connectivity index (χ0v) is 15.0. The van der Waals surface area contributed by atoms with E-state index in [1.165, 1.54) is 17.3 Å². The lowest BCUT2D eigenvalue weighted by atomic mass is 10.1. The van der Waals surface area contributed by atoms with Gasteiger partial charge in [0.15, 0.2) is 0 Å². The van der Waals surface area contributed by atoms with Crippen LogP contribution in [-0.2, 0) is 14.8 Å². The summed E-state index contributed by atoms with van der Waals surface area (Å²) in [6.07, 6.45) is 0.578. The van der Waals surface area contributed by atoms with E-state index in [2.05, 4.69) is 5.32 Å². The molecule has 7 nitrogen and oxygen atoms in total. The zero-order chi connectivity index (χ0) is 18.7. The molecule has 8 heteroatoms. The highest BCUT2D eigenvalue weighted by atomic mass is 32.2. The molecule has 2 aromatic rings. The summed E-state index contributed by atoms with van der Waals surface area (Å²) in [5, 5.41) is 2.71. The monoisotopic (exact) mass is 374 g/mol. The van der Waals surface area contributed by atoms with Crippen molar-refractivity contribution in [2.45, 2.75) is 13.3 Å². The van der Waals surface area contributed by atoms with E-state index in [9.17, 15) is 18.0 Å². The van der Waals surface area contributed by atoms with Crippen LogP contribution in [0.1, 0.15) is 23.7 Å². The molecule has 0 spiro atoms. The number of para-hydroxylation sites is 1. The van der Waals surface area contributed by atoms with Gasteiger partial charge in [-0.05, 0) is 36.8 Å². The minimum atomic E-state index is -3.29. The standard InChI is InChI=1S/C18H18N2O5S/c1-13(21)25-17-9-3-2-8-16(17)18(22)19-14-6-4-7-15(12-14)20-10-5-11-26(20,23)24/h2-4,6-9,12H,5,10-11H2,1H3,(H,19,22). The first-order chi connectivity index (χ1) is 12.4. The van der Waals surface area contributed by atoms with E-state index >= 15 is 0 Å². The van der Waals surface area contributed by atoms with E-state index in [0.717, 1.165) is 0 Å². The van der Waals surface area contributed by atoms with Gasteiger partial charge in [0.05, 0.1) is 17.0 Å². The van der Waals surface area contributed by atoms with Crippen molar-refractivity contribution in [3.8, 4) is 5.75 Å². The fraction of sp³-hybridized carbons (Fsp3) is 0.222. The summed E-state index contributed by atoms with van der Waals surface area (Å²) in [7, 11) is -3.29. The van der Waals surface area contributed by atoms with Gasteiger partial charge in [-0.1, -0.05) is 18.2 Å². The SMILES string of the molecule is CC(=O)Oc1ccccc1C(=O)Nc1cccc(N2CCCS2(=O)=O)c1. The Balaban J connectivity index is 1.83. The number of hydrogen-bond acceptors (Lipinski definition) is 5. The third kappa shape index (κ3) is 3.85. The highest BCUT2D eigenvalue weighted by molar-refractivity contribution is 7.93. The predicted molar refractivity (Wildman–Crippen MR) is 97.9 cm³/mol. The molecule has 0 atom stereocenters. The Morgan fingerprint density at radius 1 is 1.12 bits per heavy atom. The fourth-order valence-electron chi connectivity index (χ4n) is 2.76. The number of nitrogens with zero attached hydrogens (tertiary/aromatic N) is 1. The minimum absolute atomic E-state index is 0.124. The topological polar surface area (TPSA) is 92.8 Å². The van der Waals surface area contributed by atoms with Crippen molar-refractivity contribution in [3.63, 3.8) is 0 Å². The van der Waals surface area contributed by atoms with Crippen LogP contribution in [0.3, 0.4) is 0 Å². The van der Waals surface area contributed by atoms with E-state index in [1.807, 2.05) is 0 Å². The average Bonchev–Trinajstić information content (AvgIpc) is 2.94. The van der Waals surface area contributed by atoms with Crippen LogP contribution < -0.4 is 14.4 Å². The van der Waals surface area contributed by atoms with E-state index in [1.54, 1.807) is 42.5 Å². The summed E-state index contributed by atoms with van der Waals surface area (Å²) >= 11 is 0. The Bertz CT molecular complexity index is 956. The second-order valence-electron chi connectivity index (χ2n) is 5.84. The lowest BCUT2D eigenvalue weighted by Gasteiger charge is -2.18. The highest BCUT2D eigenvalue weighted by Crippen LogP contribution is 2.27. The third-order valence-electron chi connectivity index (χ3n) is 3.88. The van der Waals surface area contributed by atoms with Crippen molar-refractivity contribution in [2.24, 2.45) is 0 Å². The average molecular weight is 374 g/mol. The molecule has 1 amide bonds. The molecule has 0 aromatic heterocycles. The molecule has 1 aliphatic rings. The fourth-order valence-corrected chi connectivity index (χ4v) is 4.32. The number of hydrogen-bond donors (Lipinski definition) is 1. The van der Waals surface area contributed by atoms with Gasteiger partial charge >= 0.3 is 5.97 Å². The number of rotatable bonds is 4. The van der Waals surface area contributed by atoms with Crippen LogP contribution in [0.2, 0.25) is 0 Å². The molecule has 2 aromatic carbocycles. The molecule has 0 aliphatic carbocycles. The van der Waals surface area contributed by atoms with Crippen LogP contribution >= 0.6 is 0 Å². The molecule has 0 bridgehead atoms. The summed E-state index contributed by atoms with van der Waals surface area (Å²) in [6, 6.07) is 13.0. The first kappa shape index (κ1) is 17.9. The van der Waals surface area contributed by atoms with E-state index in [0.29, 0.717) is 24.3 Å². The molecule has 0 saturated carbocycles. The summed E-state index contributed by atoms with van der Waals surface area (Å²) < 4.78 is 30.5. The molecule has 136 valence electrons. The second kappa shape index (κ2) is 7.17. The van der Waals surface area contributed by atoms with Crippen molar-refractivity contribution in [1.82, 2.24) is 0 Å². The van der Waals surface area contributed by atoms with Crippen LogP contribution in [0, 0.1) is 0 Å². The van der Waals surface area contributed by atoms with Crippen LogP contribution in [0.4, 0.5) is 11.4 Å². The van der Waals surface area contributed by atoms with Gasteiger partial charge in [-0.3, -0.25) is 13.9 Å². The number of amides is 1. The smallest absolute Gasteiger partial charge is 0.308 e. The van der Waals surface area contributed by atoms with E-state index < -0.39 is 21.9 Å². The van der Waals surface area contributed by atoms with Crippen molar-refractivity contribution in [1.29, 1.82) is 0 Å². The number of benzene rings is 2. The molecule has 1 saturated heterocycles. The van der Waals surface area contributed by atoms with Gasteiger partial charge in [0, 0.05) is 19.2 Å². The first-order valence-corrected chi connectivity index (χ1v) is 9.67. The first-order valence-electron chi connectivity index (χ1n) is 8.06. The lowest BCUT2D eigenvalue weighted by Crippen LogP contribution is -2.25. The maximum atomic E-state index is 12.5. The lowest BCUT2D eigenvalue weighted by molar-refractivity contribution is -0.131. The van der Waals surface area contributed by atoms with Crippen molar-refractivity contribution in [2.75, 3.05) is 21.9 Å². The van der Waals surface area contributed by atoms with Crippen molar-refractivity contribution < 1.29 is 22.7 Å². The number of sulfonamides is 1. The number of carbonyl (C=O) groups is 2. The largest absolute Gasteiger partial charge is 0.426 e. The molecule has 1 heterocycles. The molecular weight excluding hydrogens is 356 g/mol. The number of nitrogens with one attached hydrogen (secondary N) is 1. The molecule has 0 unspecified atom stereocenters. The van der Waals surface area contributed by atoms with Crippen LogP contribution in [0.5, 0.6) is 5.75 Å². The normalized spacial score (nSPS) is 15.5. The third-order valence-corrected chi connectivity index (χ3v) is 5.75. The number of ether oxygens (including phenoxy) is 1. The molecule has 26 heavy (non-hydrogen) atoms. The van der Waals surface area contributed by atoms with Gasteiger partial charge in [-0.2, -0.15) is 0 Å². The predicted octanol–water partition coefficient (Wildman–Crippen LogP) is 2.40. The van der Waals surface area contributed by atoms with Crippen LogP contribution in [0.15, 0.2) is 48.5 Å². The van der Waals surface area contributed by atoms with E-state index in [4.69, 9.17) is 4.74 Å². The zero-order valence-electron chi connectivity index (χ0n) is 14.1. The minimum Gasteiger partial charge on any atom is -0.426 e. The molecule has 1 fully saturated rings. The number of esters is 1. The second-order valence-corrected chi connectivity index (χ2v) is 7.85. The Hall–Kier alpha value is -2.87. The van der Waals surface area contributed by atoms with Gasteiger partial charge < -0.3 is 10.1 Å². The number of carbonyl (C=O) groups excluding carboxylic acids is 2. The summed E-state index contributed by atoms with van der Waals surface area (Å²) in [4.78, 5) is 23.7. The highest BCUT2D eigenvalue weighted by Gasteiger charge is 2.28. The van der Waals surface area contributed by atoms with Crippen LogP contribution in [0.25, 0.3) is 0 Å². The van der Waals surface area contributed by atoms with Crippen molar-refractivity contribution >= 4 is 33.3 Å². The van der Waals surface area contributed by atoms with Gasteiger partial charge in [-0.15, -0.1) is 0 Å². The Morgan fingerprint density at radius 3 is 2.58 bits per heavy atom. The summed E-state index contributed by atoms with van der Waals surface area (Å²) in [6.45, 7) is 1.68. The molecule has 3 rings (SSSR count). The quantitative estimate of drug-likeness (QED) is 0.655. The van der Waals surface area contributed by atoms with Gasteiger partial charge in [0.2, 0.25) is 10.0 Å². The molecule has 1 aliphatic heterocycles. The van der Waals surface area contributed by atoms with Crippen molar-refractivity contribution in [3.05, 3.63) is 54.1 Å². The van der Waals surface area contributed by atoms with Crippen LogP contribution in [-0.4, -0.2) is 32.6 Å². The Kier molecular flexibility index (Phi) is 4.94. The van der Waals surface area contributed by atoms with Gasteiger partial charge in [0.25, 0.3) is 5.91 Å². The molecular formula is C18H18N2O5S. The summed E-state index contributed by atoms with van der Waals surface area (Å²) in [5.41, 5.74) is 1.17. The Labute approximate surface area is 151 Å². The van der Waals surface area contributed by atoms with Gasteiger partial charge in [0.1, 0.15) is 5.75 Å². The maximum Gasteiger partial charge on any atom is 0.308 e. The summed E-state index contributed by atoms with van der Waals surface area (Å²) in [5.74, 6) is -0.690. The maximum absolute atomic E-state index is 12.5. The van der Waals surface area contributed by atoms with E-state index in [-0.39, 0.29) is 17.1 Å². The molecule has 0 radical (unpaired) electrons. The molecule has 1 N–H and O–H groups in total. The Morgan fingerprint density at radius 2 is 1.88 bits per heavy atom. The number of anilines is 2. The van der Waals surface area contributed by atoms with Gasteiger partial charge in [-0.25, -0.2) is 8.42 Å².